The fraction of sp³-hybridized carbons (Fsp3) is 0. The maximum Gasteiger partial charge on any atom is 0.167 e. The smallest absolute Gasteiger partial charge is 0.167 e. The third-order valence-electron chi connectivity index (χ3n) is 9.53. The second kappa shape index (κ2) is 10.1. The van der Waals surface area contributed by atoms with E-state index >= 15 is 0 Å². The molecule has 0 bridgehead atoms. The molecule has 0 aliphatic rings. The number of furan rings is 2. The average Bonchev–Trinajstić information content (AvgIpc) is 3.86. The van der Waals surface area contributed by atoms with Crippen molar-refractivity contribution in [1.29, 1.82) is 0 Å². The monoisotopic (exact) mass is 645 g/mol. The Morgan fingerprint density at radius 1 is 0.388 bits per heavy atom. The lowest BCUT2D eigenvalue weighted by molar-refractivity contribution is 0.668. The van der Waals surface area contributed by atoms with Crippen LogP contribution in [0.3, 0.4) is 0 Å². The maximum absolute atomic E-state index is 6.65. The van der Waals surface area contributed by atoms with E-state index in [-0.39, 0.29) is 0 Å². The zero-order valence-electron chi connectivity index (χ0n) is 25.8. The van der Waals surface area contributed by atoms with E-state index in [0.29, 0.717) is 17.5 Å². The molecule has 5 nitrogen and oxygen atoms in total. The van der Waals surface area contributed by atoms with E-state index in [1.807, 2.05) is 42.5 Å². The molecule has 0 aliphatic carbocycles. The molecule has 0 saturated carbocycles. The number of hydrogen-bond donors (Lipinski definition) is 0. The zero-order chi connectivity index (χ0) is 32.1. The Kier molecular flexibility index (Phi) is 5.48. The van der Waals surface area contributed by atoms with Gasteiger partial charge in [0.25, 0.3) is 0 Å². The first kappa shape index (κ1) is 26.7. The largest absolute Gasteiger partial charge is 0.456 e. The molecule has 0 aliphatic heterocycles. The first-order chi connectivity index (χ1) is 24.3. The summed E-state index contributed by atoms with van der Waals surface area (Å²) in [6.45, 7) is 0. The normalized spacial score (nSPS) is 12.1. The molecular weight excluding hydrogens is 623 g/mol. The maximum atomic E-state index is 6.65. The molecule has 4 heterocycles. The van der Waals surface area contributed by atoms with Gasteiger partial charge in [0.05, 0.1) is 5.56 Å². The standard InChI is InChI=1S/C43H23N3O2S/c1-2-12-25-24(11-1)23-31(40-39(25)27-14-4-7-19-33(27)48-40)43-45-41(29-16-9-20-34-37(29)26-13-3-6-18-32(26)47-34)44-42(46-43)30-17-10-22-36-38(30)28-15-5-8-21-35(28)49-36/h1-23H. The number of fused-ring (bicyclic) bond motifs is 11. The van der Waals surface area contributed by atoms with E-state index in [1.165, 1.54) is 14.8 Å². The lowest BCUT2D eigenvalue weighted by Gasteiger charge is -2.11. The van der Waals surface area contributed by atoms with Crippen molar-refractivity contribution in [2.24, 2.45) is 0 Å². The Bertz CT molecular complexity index is 3000. The summed E-state index contributed by atoms with van der Waals surface area (Å²) in [5.41, 5.74) is 5.87. The molecule has 0 atom stereocenters. The van der Waals surface area contributed by atoms with Crippen molar-refractivity contribution in [3.63, 3.8) is 0 Å². The van der Waals surface area contributed by atoms with Crippen LogP contribution in [0.15, 0.2) is 148 Å². The van der Waals surface area contributed by atoms with Crippen molar-refractivity contribution in [3.8, 4) is 34.2 Å². The van der Waals surface area contributed by atoms with Gasteiger partial charge in [-0.05, 0) is 47.2 Å². The molecule has 0 saturated heterocycles. The van der Waals surface area contributed by atoms with Gasteiger partial charge < -0.3 is 8.83 Å². The van der Waals surface area contributed by atoms with Crippen molar-refractivity contribution in [3.05, 3.63) is 140 Å². The predicted octanol–water partition coefficient (Wildman–Crippen LogP) is 12.2. The van der Waals surface area contributed by atoms with Crippen molar-refractivity contribution in [1.82, 2.24) is 15.0 Å². The predicted molar refractivity (Wildman–Crippen MR) is 201 cm³/mol. The summed E-state index contributed by atoms with van der Waals surface area (Å²) in [5, 5.41) is 8.68. The number of para-hydroxylation sites is 2. The minimum atomic E-state index is 0.552. The fourth-order valence-corrected chi connectivity index (χ4v) is 8.53. The molecule has 0 unspecified atom stereocenters. The Balaban J connectivity index is 1.28. The van der Waals surface area contributed by atoms with Gasteiger partial charge in [-0.15, -0.1) is 11.3 Å². The minimum Gasteiger partial charge on any atom is -0.456 e. The zero-order valence-corrected chi connectivity index (χ0v) is 26.7. The fourth-order valence-electron chi connectivity index (χ4n) is 7.40. The molecule has 0 fully saturated rings. The van der Waals surface area contributed by atoms with Crippen LogP contribution in [0.1, 0.15) is 0 Å². The number of aromatic nitrogens is 3. The second-order valence-electron chi connectivity index (χ2n) is 12.3. The van der Waals surface area contributed by atoms with Gasteiger partial charge >= 0.3 is 0 Å². The average molecular weight is 646 g/mol. The lowest BCUT2D eigenvalue weighted by atomic mass is 9.99. The lowest BCUT2D eigenvalue weighted by Crippen LogP contribution is -2.01. The highest BCUT2D eigenvalue weighted by Gasteiger charge is 2.23. The number of rotatable bonds is 3. The Hall–Kier alpha value is -6.37. The highest BCUT2D eigenvalue weighted by atomic mass is 32.1. The molecule has 228 valence electrons. The van der Waals surface area contributed by atoms with Gasteiger partial charge in [0.1, 0.15) is 22.3 Å². The molecule has 11 aromatic rings. The summed E-state index contributed by atoms with van der Waals surface area (Å²) in [6.07, 6.45) is 0. The van der Waals surface area contributed by atoms with Gasteiger partial charge in [0.2, 0.25) is 0 Å². The number of thiophene rings is 1. The minimum absolute atomic E-state index is 0.552. The molecule has 7 aromatic carbocycles. The molecule has 4 aromatic heterocycles. The van der Waals surface area contributed by atoms with E-state index in [0.717, 1.165) is 76.7 Å². The third kappa shape index (κ3) is 3.89. The van der Waals surface area contributed by atoms with Crippen LogP contribution in [-0.2, 0) is 0 Å². The van der Waals surface area contributed by atoms with E-state index in [4.69, 9.17) is 23.8 Å². The summed E-state index contributed by atoms with van der Waals surface area (Å²) in [6, 6.07) is 47.9. The number of benzene rings is 7. The molecular formula is C43H23N3O2S. The van der Waals surface area contributed by atoms with Crippen molar-refractivity contribution in [2.75, 3.05) is 0 Å². The summed E-state index contributed by atoms with van der Waals surface area (Å²) < 4.78 is 15.4. The van der Waals surface area contributed by atoms with Crippen LogP contribution in [0.2, 0.25) is 0 Å². The van der Waals surface area contributed by atoms with Crippen LogP contribution < -0.4 is 0 Å². The van der Waals surface area contributed by atoms with E-state index in [2.05, 4.69) is 97.1 Å². The Morgan fingerprint density at radius 3 is 1.73 bits per heavy atom. The molecule has 11 rings (SSSR count). The molecule has 49 heavy (non-hydrogen) atoms. The van der Waals surface area contributed by atoms with Gasteiger partial charge in [0, 0.05) is 52.8 Å². The summed E-state index contributed by atoms with van der Waals surface area (Å²) in [5.74, 6) is 1.73. The van der Waals surface area contributed by atoms with Gasteiger partial charge in [-0.1, -0.05) is 103 Å². The molecule has 0 radical (unpaired) electrons. The van der Waals surface area contributed by atoms with Crippen molar-refractivity contribution in [2.45, 2.75) is 0 Å². The van der Waals surface area contributed by atoms with Crippen LogP contribution in [-0.4, -0.2) is 15.0 Å². The van der Waals surface area contributed by atoms with Crippen LogP contribution in [0.25, 0.3) is 109 Å². The molecule has 0 amide bonds. The van der Waals surface area contributed by atoms with Crippen LogP contribution in [0.5, 0.6) is 0 Å². The van der Waals surface area contributed by atoms with Gasteiger partial charge in [-0.25, -0.2) is 15.0 Å². The van der Waals surface area contributed by atoms with Crippen molar-refractivity contribution < 1.29 is 8.83 Å². The van der Waals surface area contributed by atoms with E-state index in [9.17, 15) is 0 Å². The van der Waals surface area contributed by atoms with Gasteiger partial charge in [-0.2, -0.15) is 0 Å². The highest BCUT2D eigenvalue weighted by Crippen LogP contribution is 2.43. The SMILES string of the molecule is c1ccc2c(c1)cc(-c1nc(-c3cccc4oc5ccccc5c34)nc(-c3cccc4sc5ccccc5c34)n1)c1oc3ccccc3c12. The topological polar surface area (TPSA) is 65.0 Å². The van der Waals surface area contributed by atoms with Crippen molar-refractivity contribution >= 4 is 86.2 Å². The van der Waals surface area contributed by atoms with E-state index in [1.54, 1.807) is 11.3 Å². The molecule has 6 heteroatoms. The Morgan fingerprint density at radius 2 is 0.939 bits per heavy atom. The van der Waals surface area contributed by atoms with E-state index < -0.39 is 0 Å². The number of nitrogens with zero attached hydrogens (tertiary/aromatic N) is 3. The first-order valence-corrected chi connectivity index (χ1v) is 17.0. The van der Waals surface area contributed by atoms with Crippen LogP contribution in [0, 0.1) is 0 Å². The highest BCUT2D eigenvalue weighted by molar-refractivity contribution is 7.25. The van der Waals surface area contributed by atoms with Gasteiger partial charge in [0.15, 0.2) is 17.5 Å². The van der Waals surface area contributed by atoms with Gasteiger partial charge in [-0.3, -0.25) is 0 Å². The quantitative estimate of drug-likeness (QED) is 0.191. The summed E-state index contributed by atoms with van der Waals surface area (Å²) in [7, 11) is 0. The van der Waals surface area contributed by atoms with Crippen LogP contribution in [0.4, 0.5) is 0 Å². The summed E-state index contributed by atoms with van der Waals surface area (Å²) >= 11 is 1.78. The Labute approximate surface area is 282 Å². The third-order valence-corrected chi connectivity index (χ3v) is 10.7. The molecule has 0 N–H and O–H groups in total. The summed E-state index contributed by atoms with van der Waals surface area (Å²) in [4.78, 5) is 15.8. The van der Waals surface area contributed by atoms with Crippen LogP contribution >= 0.6 is 11.3 Å². The number of hydrogen-bond acceptors (Lipinski definition) is 6. The molecule has 0 spiro atoms. The first-order valence-electron chi connectivity index (χ1n) is 16.2. The second-order valence-corrected chi connectivity index (χ2v) is 13.4.